The highest BCUT2D eigenvalue weighted by molar-refractivity contribution is 9.10. The van der Waals surface area contributed by atoms with Crippen LogP contribution in [0.5, 0.6) is 5.75 Å². The van der Waals surface area contributed by atoms with Gasteiger partial charge in [0.2, 0.25) is 0 Å². The third-order valence-electron chi connectivity index (χ3n) is 3.69. The number of nitrogens with one attached hydrogen (secondary N) is 1. The van der Waals surface area contributed by atoms with E-state index in [4.69, 9.17) is 9.47 Å². The van der Waals surface area contributed by atoms with E-state index in [1.54, 1.807) is 0 Å². The summed E-state index contributed by atoms with van der Waals surface area (Å²) >= 11 is 3.49. The Bertz CT molecular complexity index is 438. The van der Waals surface area contributed by atoms with E-state index < -0.39 is 0 Å². The van der Waals surface area contributed by atoms with Gasteiger partial charge in [0, 0.05) is 23.5 Å². The van der Waals surface area contributed by atoms with Crippen molar-refractivity contribution in [2.75, 3.05) is 13.2 Å². The van der Waals surface area contributed by atoms with Gasteiger partial charge in [0.05, 0.1) is 0 Å². The third kappa shape index (κ3) is 3.74. The topological polar surface area (TPSA) is 30.5 Å². The fourth-order valence-electron chi connectivity index (χ4n) is 2.51. The van der Waals surface area contributed by atoms with Gasteiger partial charge in [0.15, 0.2) is 0 Å². The lowest BCUT2D eigenvalue weighted by Gasteiger charge is -2.44. The minimum Gasteiger partial charge on any atom is -0.487 e. The van der Waals surface area contributed by atoms with Crippen molar-refractivity contribution in [2.24, 2.45) is 0 Å². The smallest absolute Gasteiger partial charge is 0.128 e. The maximum atomic E-state index is 6.14. The predicted octanol–water partition coefficient (Wildman–Crippen LogP) is 3.68. The quantitative estimate of drug-likeness (QED) is 0.820. The lowest BCUT2D eigenvalue weighted by molar-refractivity contribution is -0.104. The highest BCUT2D eigenvalue weighted by Crippen LogP contribution is 2.32. The predicted molar refractivity (Wildman–Crippen MR) is 85.4 cm³/mol. The summed E-state index contributed by atoms with van der Waals surface area (Å²) in [5.74, 6) is 0.947. The van der Waals surface area contributed by atoms with E-state index in [2.05, 4.69) is 41.2 Å². The van der Waals surface area contributed by atoms with Crippen LogP contribution in [0.2, 0.25) is 0 Å². The molecule has 0 heterocycles. The van der Waals surface area contributed by atoms with Crippen molar-refractivity contribution < 1.29 is 9.47 Å². The van der Waals surface area contributed by atoms with Crippen molar-refractivity contribution in [3.05, 3.63) is 28.2 Å². The Kier molecular flexibility index (Phi) is 5.87. The van der Waals surface area contributed by atoms with Crippen LogP contribution in [0.15, 0.2) is 22.7 Å². The molecule has 2 rings (SSSR count). The number of halogens is 1. The van der Waals surface area contributed by atoms with Crippen molar-refractivity contribution in [3.8, 4) is 5.75 Å². The number of rotatable bonds is 7. The van der Waals surface area contributed by atoms with E-state index in [1.165, 1.54) is 0 Å². The normalized spacial score (nSPS) is 25.3. The van der Waals surface area contributed by atoms with Crippen molar-refractivity contribution in [1.82, 2.24) is 5.32 Å². The first-order valence-electron chi connectivity index (χ1n) is 7.43. The molecule has 3 atom stereocenters. The first kappa shape index (κ1) is 15.8. The molecule has 1 aromatic carbocycles. The molecule has 0 radical (unpaired) electrons. The molecule has 1 aromatic rings. The van der Waals surface area contributed by atoms with Crippen LogP contribution < -0.4 is 10.1 Å². The number of hydrogen-bond donors (Lipinski definition) is 1. The number of aryl methyl sites for hydroxylation is 1. The van der Waals surface area contributed by atoms with Gasteiger partial charge in [-0.3, -0.25) is 0 Å². The molecule has 112 valence electrons. The molecule has 3 unspecified atom stereocenters. The first-order chi connectivity index (χ1) is 9.65. The van der Waals surface area contributed by atoms with E-state index in [-0.39, 0.29) is 12.2 Å². The molecule has 0 aromatic heterocycles. The number of hydrogen-bond acceptors (Lipinski definition) is 3. The van der Waals surface area contributed by atoms with Gasteiger partial charge in [0.1, 0.15) is 18.0 Å². The van der Waals surface area contributed by atoms with Crippen molar-refractivity contribution in [2.45, 2.75) is 51.9 Å². The Balaban J connectivity index is 1.97. The number of benzene rings is 1. The van der Waals surface area contributed by atoms with E-state index in [0.29, 0.717) is 6.04 Å². The summed E-state index contributed by atoms with van der Waals surface area (Å²) in [6.07, 6.45) is 2.46. The van der Waals surface area contributed by atoms with Crippen LogP contribution in [0.4, 0.5) is 0 Å². The van der Waals surface area contributed by atoms with Gasteiger partial charge in [-0.1, -0.05) is 28.9 Å². The van der Waals surface area contributed by atoms with Gasteiger partial charge in [-0.15, -0.1) is 0 Å². The van der Waals surface area contributed by atoms with E-state index in [1.807, 2.05) is 19.1 Å². The second-order valence-electron chi connectivity index (χ2n) is 5.28. The molecule has 0 saturated heterocycles. The monoisotopic (exact) mass is 341 g/mol. The van der Waals surface area contributed by atoms with Gasteiger partial charge >= 0.3 is 0 Å². The van der Waals surface area contributed by atoms with Crippen LogP contribution in [-0.4, -0.2) is 31.4 Å². The lowest BCUT2D eigenvalue weighted by Crippen LogP contribution is -2.61. The molecule has 4 heteroatoms. The molecule has 0 aliphatic heterocycles. The molecule has 1 aliphatic carbocycles. The molecule has 1 aliphatic rings. The van der Waals surface area contributed by atoms with Crippen molar-refractivity contribution in [3.63, 3.8) is 0 Å². The Morgan fingerprint density at radius 2 is 2.15 bits per heavy atom. The Morgan fingerprint density at radius 1 is 1.35 bits per heavy atom. The first-order valence-corrected chi connectivity index (χ1v) is 8.22. The second-order valence-corrected chi connectivity index (χ2v) is 6.20. The standard InChI is InChI=1S/C16H24BrNO2/c1-4-8-18-13-10-15(16(13)19-5-2)20-14-9-12(17)7-6-11(14)3/h6-7,9,13,15-16,18H,4-5,8,10H2,1-3H3. The van der Waals surface area contributed by atoms with Gasteiger partial charge in [-0.05, 0) is 44.5 Å². The zero-order valence-electron chi connectivity index (χ0n) is 12.5. The summed E-state index contributed by atoms with van der Waals surface area (Å²) in [6, 6.07) is 6.56. The summed E-state index contributed by atoms with van der Waals surface area (Å²) < 4.78 is 13.0. The maximum absolute atomic E-state index is 6.14. The third-order valence-corrected chi connectivity index (χ3v) is 4.19. The molecular weight excluding hydrogens is 318 g/mol. The van der Waals surface area contributed by atoms with Crippen LogP contribution in [0.1, 0.15) is 32.3 Å². The van der Waals surface area contributed by atoms with Crippen LogP contribution in [0.25, 0.3) is 0 Å². The molecule has 1 fully saturated rings. The summed E-state index contributed by atoms with van der Waals surface area (Å²) in [4.78, 5) is 0. The fraction of sp³-hybridized carbons (Fsp3) is 0.625. The zero-order chi connectivity index (χ0) is 14.5. The second kappa shape index (κ2) is 7.43. The lowest BCUT2D eigenvalue weighted by atomic mass is 9.85. The molecule has 1 saturated carbocycles. The average molecular weight is 342 g/mol. The molecule has 3 nitrogen and oxygen atoms in total. The fourth-order valence-corrected chi connectivity index (χ4v) is 2.85. The summed E-state index contributed by atoms with van der Waals surface area (Å²) in [6.45, 7) is 8.06. The van der Waals surface area contributed by atoms with Crippen molar-refractivity contribution in [1.29, 1.82) is 0 Å². The summed E-state index contributed by atoms with van der Waals surface area (Å²) in [5, 5.41) is 3.53. The minimum atomic E-state index is 0.150. The molecular formula is C16H24BrNO2. The van der Waals surface area contributed by atoms with Crippen LogP contribution in [-0.2, 0) is 4.74 Å². The Morgan fingerprint density at radius 3 is 2.85 bits per heavy atom. The molecule has 0 bridgehead atoms. The molecule has 1 N–H and O–H groups in total. The van der Waals surface area contributed by atoms with Gasteiger partial charge in [-0.25, -0.2) is 0 Å². The molecule has 20 heavy (non-hydrogen) atoms. The van der Waals surface area contributed by atoms with Gasteiger partial charge in [-0.2, -0.15) is 0 Å². The molecule has 0 amide bonds. The molecule has 0 spiro atoms. The Hall–Kier alpha value is -0.580. The Labute approximate surface area is 130 Å². The highest BCUT2D eigenvalue weighted by atomic mass is 79.9. The summed E-state index contributed by atoms with van der Waals surface area (Å²) in [5.41, 5.74) is 1.16. The van der Waals surface area contributed by atoms with E-state index >= 15 is 0 Å². The number of ether oxygens (including phenoxy) is 2. The van der Waals surface area contributed by atoms with Crippen LogP contribution in [0, 0.1) is 6.92 Å². The highest BCUT2D eigenvalue weighted by Gasteiger charge is 2.43. The minimum absolute atomic E-state index is 0.150. The summed E-state index contributed by atoms with van der Waals surface area (Å²) in [7, 11) is 0. The van der Waals surface area contributed by atoms with E-state index in [9.17, 15) is 0 Å². The largest absolute Gasteiger partial charge is 0.487 e. The van der Waals surface area contributed by atoms with Gasteiger partial charge < -0.3 is 14.8 Å². The van der Waals surface area contributed by atoms with Crippen molar-refractivity contribution >= 4 is 15.9 Å². The van der Waals surface area contributed by atoms with Gasteiger partial charge in [0.25, 0.3) is 0 Å². The van der Waals surface area contributed by atoms with E-state index in [0.717, 1.165) is 41.8 Å². The van der Waals surface area contributed by atoms with Crippen LogP contribution in [0.3, 0.4) is 0 Å². The SMILES string of the molecule is CCCNC1CC(Oc2cc(Br)ccc2C)C1OCC. The average Bonchev–Trinajstić information content (AvgIpc) is 2.43. The maximum Gasteiger partial charge on any atom is 0.128 e. The van der Waals surface area contributed by atoms with Crippen LogP contribution >= 0.6 is 15.9 Å². The zero-order valence-corrected chi connectivity index (χ0v) is 14.1.